The second-order valence-corrected chi connectivity index (χ2v) is 14.0. The summed E-state index contributed by atoms with van der Waals surface area (Å²) < 4.78 is 5.24. The third-order valence-electron chi connectivity index (χ3n) is 7.97. The lowest BCUT2D eigenvalue weighted by molar-refractivity contribution is -0.148. The summed E-state index contributed by atoms with van der Waals surface area (Å²) in [6.07, 6.45) is 2.22. The zero-order valence-corrected chi connectivity index (χ0v) is 29.2. The van der Waals surface area contributed by atoms with Crippen molar-refractivity contribution in [2.75, 3.05) is 11.9 Å². The molecule has 0 aromatic heterocycles. The van der Waals surface area contributed by atoms with Gasteiger partial charge >= 0.3 is 12.0 Å². The van der Waals surface area contributed by atoms with Crippen LogP contribution in [0.2, 0.25) is 0 Å². The Morgan fingerprint density at radius 3 is 2.12 bits per heavy atom. The molecular weight excluding hydrogens is 620 g/mol. The molecule has 0 radical (unpaired) electrons. The summed E-state index contributed by atoms with van der Waals surface area (Å²) in [6, 6.07) is 3.96. The molecule has 1 aromatic rings. The number of aliphatic hydroxyl groups excluding tert-OH is 1. The molecule has 1 aromatic carbocycles. The Labute approximate surface area is 282 Å². The van der Waals surface area contributed by atoms with Crippen molar-refractivity contribution in [1.82, 2.24) is 20.9 Å². The van der Waals surface area contributed by atoms with Gasteiger partial charge in [-0.25, -0.2) is 4.79 Å². The van der Waals surface area contributed by atoms with Gasteiger partial charge in [-0.05, 0) is 62.8 Å². The first kappa shape index (κ1) is 39.7. The molecule has 2 rings (SSSR count). The van der Waals surface area contributed by atoms with E-state index in [1.807, 2.05) is 0 Å². The molecule has 48 heavy (non-hydrogen) atoms. The summed E-state index contributed by atoms with van der Waals surface area (Å²) >= 11 is 0. The lowest BCUT2D eigenvalue weighted by Gasteiger charge is -2.42. The highest BCUT2D eigenvalue weighted by Crippen LogP contribution is 2.35. The van der Waals surface area contributed by atoms with Crippen LogP contribution in [-0.4, -0.2) is 76.0 Å². The van der Waals surface area contributed by atoms with Crippen LogP contribution in [0.3, 0.4) is 0 Å². The first-order chi connectivity index (χ1) is 22.2. The van der Waals surface area contributed by atoms with Crippen molar-refractivity contribution in [2.45, 2.75) is 105 Å². The number of hydrogen-bond acceptors (Lipinski definition) is 8. The first-order valence-electron chi connectivity index (χ1n) is 16.2. The van der Waals surface area contributed by atoms with Gasteiger partial charge in [-0.2, -0.15) is 0 Å². The number of anilines is 1. The van der Waals surface area contributed by atoms with E-state index in [1.165, 1.54) is 17.1 Å². The van der Waals surface area contributed by atoms with Gasteiger partial charge in [0.1, 0.15) is 24.9 Å². The van der Waals surface area contributed by atoms with E-state index < -0.39 is 53.0 Å². The summed E-state index contributed by atoms with van der Waals surface area (Å²) in [4.78, 5) is 77.2. The standard InChI is InChI=1S/C34H52N6O8/c1-20(2)27(39-31(46)33(5,6)19-34(7,8)40-25(41)15-16-26(40)42)29(44)38-24(10-9-17-36-32(35)47)28(43)37-23-13-11-22(12-14-23)18-48-30(45)21(3)4/h11-16,20-21,24-25,27,41H,9-10,17-19H2,1-8H3,(H,37,43)(H,38,44)(H,39,46)(H3,35,36,47)/t24-,25?,27-/m0/s1. The topological polar surface area (TPSA) is 209 Å². The van der Waals surface area contributed by atoms with Crippen molar-refractivity contribution in [3.8, 4) is 0 Å². The number of urea groups is 1. The summed E-state index contributed by atoms with van der Waals surface area (Å²) in [7, 11) is 0. The second-order valence-electron chi connectivity index (χ2n) is 14.0. The number of rotatable bonds is 17. The molecule has 6 amide bonds. The average molecular weight is 673 g/mol. The Morgan fingerprint density at radius 2 is 1.60 bits per heavy atom. The number of primary amides is 1. The predicted octanol–water partition coefficient (Wildman–Crippen LogP) is 2.31. The molecule has 0 bridgehead atoms. The minimum absolute atomic E-state index is 0.0862. The third-order valence-corrected chi connectivity index (χ3v) is 7.97. The number of esters is 1. The molecule has 7 N–H and O–H groups in total. The number of benzene rings is 1. The number of carbonyl (C=O) groups is 6. The van der Waals surface area contributed by atoms with E-state index >= 15 is 0 Å². The average Bonchev–Trinajstić information content (AvgIpc) is 3.33. The summed E-state index contributed by atoms with van der Waals surface area (Å²) in [6.45, 7) is 14.2. The smallest absolute Gasteiger partial charge is 0.312 e. The van der Waals surface area contributed by atoms with Crippen molar-refractivity contribution in [3.63, 3.8) is 0 Å². The normalized spacial score (nSPS) is 16.0. The first-order valence-corrected chi connectivity index (χ1v) is 16.2. The van der Waals surface area contributed by atoms with Crippen molar-refractivity contribution in [3.05, 3.63) is 42.0 Å². The Kier molecular flexibility index (Phi) is 14.1. The molecule has 1 aliphatic rings. The molecule has 1 unspecified atom stereocenters. The summed E-state index contributed by atoms with van der Waals surface area (Å²) in [5.41, 5.74) is 4.38. The number of hydrogen-bond donors (Lipinski definition) is 6. The van der Waals surface area contributed by atoms with E-state index in [0.29, 0.717) is 12.1 Å². The van der Waals surface area contributed by atoms with Gasteiger partial charge in [-0.1, -0.05) is 53.7 Å². The molecule has 0 saturated heterocycles. The molecule has 0 saturated carbocycles. The van der Waals surface area contributed by atoms with E-state index in [9.17, 15) is 33.9 Å². The molecule has 0 spiro atoms. The van der Waals surface area contributed by atoms with Crippen molar-refractivity contribution in [2.24, 2.45) is 23.0 Å². The minimum Gasteiger partial charge on any atom is -0.461 e. The van der Waals surface area contributed by atoms with Gasteiger partial charge in [0.15, 0.2) is 0 Å². The fourth-order valence-electron chi connectivity index (χ4n) is 5.52. The van der Waals surface area contributed by atoms with Crippen LogP contribution in [0.5, 0.6) is 0 Å². The van der Waals surface area contributed by atoms with E-state index in [1.54, 1.807) is 79.7 Å². The van der Waals surface area contributed by atoms with Crippen LogP contribution >= 0.6 is 0 Å². The Balaban J connectivity index is 2.15. The highest BCUT2D eigenvalue weighted by atomic mass is 16.5. The highest BCUT2D eigenvalue weighted by Gasteiger charge is 2.44. The number of amides is 6. The van der Waals surface area contributed by atoms with Gasteiger partial charge in [0.05, 0.1) is 5.92 Å². The van der Waals surface area contributed by atoms with Gasteiger partial charge in [0, 0.05) is 29.3 Å². The Bertz CT molecular complexity index is 1360. The van der Waals surface area contributed by atoms with Gasteiger partial charge in [-0.15, -0.1) is 0 Å². The maximum absolute atomic E-state index is 13.6. The van der Waals surface area contributed by atoms with E-state index in [0.717, 1.165) is 5.56 Å². The molecule has 14 nitrogen and oxygen atoms in total. The van der Waals surface area contributed by atoms with Crippen molar-refractivity contribution >= 4 is 41.3 Å². The van der Waals surface area contributed by atoms with E-state index in [-0.39, 0.29) is 49.7 Å². The fraction of sp³-hybridized carbons (Fsp3) is 0.588. The number of carbonyl (C=O) groups excluding carboxylic acids is 6. The lowest BCUT2D eigenvalue weighted by Crippen LogP contribution is -2.58. The lowest BCUT2D eigenvalue weighted by atomic mass is 9.78. The molecule has 3 atom stereocenters. The van der Waals surface area contributed by atoms with Crippen LogP contribution in [0.25, 0.3) is 0 Å². The van der Waals surface area contributed by atoms with Crippen LogP contribution in [-0.2, 0) is 35.3 Å². The van der Waals surface area contributed by atoms with E-state index in [2.05, 4.69) is 21.3 Å². The quantitative estimate of drug-likeness (QED) is 0.107. The third kappa shape index (κ3) is 11.7. The summed E-state index contributed by atoms with van der Waals surface area (Å²) in [5.74, 6) is -2.83. The van der Waals surface area contributed by atoms with Crippen LogP contribution in [0.15, 0.2) is 36.4 Å². The molecule has 1 heterocycles. The van der Waals surface area contributed by atoms with E-state index in [4.69, 9.17) is 10.5 Å². The molecule has 14 heteroatoms. The van der Waals surface area contributed by atoms with Crippen LogP contribution in [0.4, 0.5) is 10.5 Å². The largest absolute Gasteiger partial charge is 0.461 e. The zero-order chi connectivity index (χ0) is 36.4. The van der Waals surface area contributed by atoms with Gasteiger partial charge in [0.2, 0.25) is 23.6 Å². The van der Waals surface area contributed by atoms with Crippen LogP contribution in [0.1, 0.15) is 80.2 Å². The molecular formula is C34H52N6O8. The van der Waals surface area contributed by atoms with Crippen LogP contribution < -0.4 is 27.0 Å². The zero-order valence-electron chi connectivity index (χ0n) is 29.2. The number of ether oxygens (including phenoxy) is 1. The molecule has 0 aliphatic carbocycles. The predicted molar refractivity (Wildman–Crippen MR) is 180 cm³/mol. The van der Waals surface area contributed by atoms with Gasteiger partial charge < -0.3 is 41.7 Å². The summed E-state index contributed by atoms with van der Waals surface area (Å²) in [5, 5.41) is 21.1. The monoisotopic (exact) mass is 672 g/mol. The van der Waals surface area contributed by atoms with Gasteiger partial charge in [-0.3, -0.25) is 24.0 Å². The number of aliphatic hydroxyl groups is 1. The number of nitrogens with zero attached hydrogens (tertiary/aromatic N) is 1. The SMILES string of the molecule is CC(C)C(=O)OCc1ccc(NC(=O)[C@H](CCCNC(N)=O)NC(=O)[C@@H](NC(=O)C(C)(C)CC(C)(C)N2C(=O)C=CC2O)C(C)C)cc1. The Hall–Kier alpha value is -4.46. The van der Waals surface area contributed by atoms with Gasteiger partial charge in [0.25, 0.3) is 0 Å². The van der Waals surface area contributed by atoms with Crippen molar-refractivity contribution < 1.29 is 38.6 Å². The molecule has 266 valence electrons. The second kappa shape index (κ2) is 17.1. The maximum Gasteiger partial charge on any atom is 0.312 e. The molecule has 1 aliphatic heterocycles. The minimum atomic E-state index is -1.10. The van der Waals surface area contributed by atoms with Crippen LogP contribution in [0, 0.1) is 17.3 Å². The maximum atomic E-state index is 13.6. The van der Waals surface area contributed by atoms with Crippen molar-refractivity contribution in [1.29, 1.82) is 0 Å². The highest BCUT2D eigenvalue weighted by molar-refractivity contribution is 5.98. The Morgan fingerprint density at radius 1 is 0.979 bits per heavy atom. The molecule has 0 fully saturated rings. The fourth-order valence-corrected chi connectivity index (χ4v) is 5.52. The number of nitrogens with one attached hydrogen (secondary N) is 4. The number of nitrogens with two attached hydrogens (primary N) is 1.